The van der Waals surface area contributed by atoms with E-state index in [1.54, 1.807) is 7.11 Å². The Bertz CT molecular complexity index is 508. The lowest BCUT2D eigenvalue weighted by Crippen LogP contribution is -2.38. The molecule has 0 unspecified atom stereocenters. The van der Waals surface area contributed by atoms with Crippen LogP contribution >= 0.6 is 0 Å². The van der Waals surface area contributed by atoms with E-state index in [2.05, 4.69) is 15.6 Å². The SMILES string of the molecule is CN=C(NCCC(F)(F)F)NCc1cccc(OCCCOC)c1. The predicted molar refractivity (Wildman–Crippen MR) is 87.3 cm³/mol. The van der Waals surface area contributed by atoms with Gasteiger partial charge >= 0.3 is 6.18 Å². The summed E-state index contributed by atoms with van der Waals surface area (Å²) in [6.07, 6.45) is -4.28. The maximum atomic E-state index is 12.1. The first kappa shape index (κ1) is 20.1. The fraction of sp³-hybridized carbons (Fsp3) is 0.562. The normalized spacial score (nSPS) is 12.1. The van der Waals surface area contributed by atoms with E-state index in [0.29, 0.717) is 25.7 Å². The van der Waals surface area contributed by atoms with Crippen LogP contribution in [0.4, 0.5) is 13.2 Å². The van der Waals surface area contributed by atoms with E-state index in [4.69, 9.17) is 9.47 Å². The first-order valence-corrected chi connectivity index (χ1v) is 7.66. The minimum atomic E-state index is -4.18. The van der Waals surface area contributed by atoms with Crippen LogP contribution in [0.2, 0.25) is 0 Å². The van der Waals surface area contributed by atoms with Crippen LogP contribution in [-0.4, -0.2) is 46.1 Å². The van der Waals surface area contributed by atoms with Crippen LogP contribution < -0.4 is 15.4 Å². The number of methoxy groups -OCH3 is 1. The van der Waals surface area contributed by atoms with Gasteiger partial charge in [-0.25, -0.2) is 0 Å². The third kappa shape index (κ3) is 9.24. The highest BCUT2D eigenvalue weighted by molar-refractivity contribution is 5.79. The number of halogens is 3. The van der Waals surface area contributed by atoms with Crippen molar-refractivity contribution in [3.8, 4) is 5.75 Å². The molecule has 0 aliphatic rings. The molecule has 0 atom stereocenters. The quantitative estimate of drug-likeness (QED) is 0.410. The van der Waals surface area contributed by atoms with Gasteiger partial charge in [0, 0.05) is 40.3 Å². The number of nitrogens with zero attached hydrogens (tertiary/aromatic N) is 1. The lowest BCUT2D eigenvalue weighted by atomic mass is 10.2. The summed E-state index contributed by atoms with van der Waals surface area (Å²) in [4.78, 5) is 3.90. The van der Waals surface area contributed by atoms with Gasteiger partial charge in [0.15, 0.2) is 5.96 Å². The molecule has 0 radical (unpaired) electrons. The summed E-state index contributed by atoms with van der Waals surface area (Å²) in [5.74, 6) is 1.07. The summed E-state index contributed by atoms with van der Waals surface area (Å²) < 4.78 is 47.0. The van der Waals surface area contributed by atoms with Crippen LogP contribution in [0.15, 0.2) is 29.3 Å². The van der Waals surface area contributed by atoms with Gasteiger partial charge in [-0.05, 0) is 17.7 Å². The topological polar surface area (TPSA) is 54.9 Å². The average molecular weight is 347 g/mol. The molecule has 0 aliphatic heterocycles. The predicted octanol–water partition coefficient (Wildman–Crippen LogP) is 2.72. The molecule has 136 valence electrons. The molecule has 1 aromatic rings. The van der Waals surface area contributed by atoms with E-state index in [1.165, 1.54) is 7.05 Å². The van der Waals surface area contributed by atoms with Gasteiger partial charge in [0.1, 0.15) is 5.75 Å². The van der Waals surface area contributed by atoms with Gasteiger partial charge in [-0.1, -0.05) is 12.1 Å². The third-order valence-electron chi connectivity index (χ3n) is 3.04. The summed E-state index contributed by atoms with van der Waals surface area (Å²) in [6, 6.07) is 7.50. The number of ether oxygens (including phenoxy) is 2. The molecule has 0 aromatic heterocycles. The molecule has 0 saturated carbocycles. The lowest BCUT2D eigenvalue weighted by molar-refractivity contribution is -0.132. The fourth-order valence-electron chi connectivity index (χ4n) is 1.87. The standard InChI is InChI=1S/C16H24F3N3O2/c1-20-15(21-8-7-16(17,18)19)22-12-13-5-3-6-14(11-13)24-10-4-9-23-2/h3,5-6,11H,4,7-10,12H2,1-2H3,(H2,20,21,22). The smallest absolute Gasteiger partial charge is 0.390 e. The van der Waals surface area contributed by atoms with E-state index in [0.717, 1.165) is 17.7 Å². The number of hydrogen-bond acceptors (Lipinski definition) is 3. The maximum Gasteiger partial charge on any atom is 0.390 e. The van der Waals surface area contributed by atoms with Gasteiger partial charge in [-0.3, -0.25) is 4.99 Å². The minimum absolute atomic E-state index is 0.216. The Morgan fingerprint density at radius 1 is 1.21 bits per heavy atom. The Kier molecular flexibility index (Phi) is 8.99. The number of guanidine groups is 1. The second-order valence-corrected chi connectivity index (χ2v) is 5.06. The van der Waals surface area contributed by atoms with Crippen LogP contribution in [-0.2, 0) is 11.3 Å². The van der Waals surface area contributed by atoms with Crippen molar-refractivity contribution >= 4 is 5.96 Å². The Balaban J connectivity index is 2.39. The van der Waals surface area contributed by atoms with Crippen molar-refractivity contribution in [1.82, 2.24) is 10.6 Å². The number of nitrogens with one attached hydrogen (secondary N) is 2. The van der Waals surface area contributed by atoms with Gasteiger partial charge in [0.05, 0.1) is 13.0 Å². The van der Waals surface area contributed by atoms with E-state index in [-0.39, 0.29) is 6.54 Å². The van der Waals surface area contributed by atoms with Crippen molar-refractivity contribution in [3.05, 3.63) is 29.8 Å². The van der Waals surface area contributed by atoms with Gasteiger partial charge in [-0.2, -0.15) is 13.2 Å². The Hall–Kier alpha value is -1.96. The largest absolute Gasteiger partial charge is 0.493 e. The molecule has 0 saturated heterocycles. The Morgan fingerprint density at radius 3 is 2.67 bits per heavy atom. The number of benzene rings is 1. The van der Waals surface area contributed by atoms with Gasteiger partial charge in [-0.15, -0.1) is 0 Å². The highest BCUT2D eigenvalue weighted by atomic mass is 19.4. The van der Waals surface area contributed by atoms with Gasteiger partial charge in [0.25, 0.3) is 0 Å². The molecule has 0 heterocycles. The van der Waals surface area contributed by atoms with Crippen LogP contribution in [0.25, 0.3) is 0 Å². The maximum absolute atomic E-state index is 12.1. The van der Waals surface area contributed by atoms with Crippen molar-refractivity contribution in [2.75, 3.05) is 33.9 Å². The molecule has 0 fully saturated rings. The molecule has 2 N–H and O–H groups in total. The highest BCUT2D eigenvalue weighted by Crippen LogP contribution is 2.18. The highest BCUT2D eigenvalue weighted by Gasteiger charge is 2.26. The van der Waals surface area contributed by atoms with Crippen molar-refractivity contribution in [3.63, 3.8) is 0 Å². The van der Waals surface area contributed by atoms with Crippen molar-refractivity contribution in [2.45, 2.75) is 25.6 Å². The van der Waals surface area contributed by atoms with E-state index >= 15 is 0 Å². The Labute approximate surface area is 140 Å². The number of rotatable bonds is 9. The summed E-state index contributed by atoms with van der Waals surface area (Å²) in [6.45, 7) is 1.42. The molecule has 0 amide bonds. The zero-order valence-electron chi connectivity index (χ0n) is 13.9. The molecule has 0 spiro atoms. The fourth-order valence-corrected chi connectivity index (χ4v) is 1.87. The van der Waals surface area contributed by atoms with Crippen LogP contribution in [0.5, 0.6) is 5.75 Å². The van der Waals surface area contributed by atoms with E-state index in [9.17, 15) is 13.2 Å². The monoisotopic (exact) mass is 347 g/mol. The summed E-state index contributed by atoms with van der Waals surface area (Å²) >= 11 is 0. The molecule has 8 heteroatoms. The van der Waals surface area contributed by atoms with E-state index in [1.807, 2.05) is 24.3 Å². The summed E-state index contributed by atoms with van der Waals surface area (Å²) in [5.41, 5.74) is 0.943. The second-order valence-electron chi connectivity index (χ2n) is 5.06. The van der Waals surface area contributed by atoms with Crippen LogP contribution in [0, 0.1) is 0 Å². The Morgan fingerprint density at radius 2 is 2.00 bits per heavy atom. The molecule has 5 nitrogen and oxygen atoms in total. The summed E-state index contributed by atoms with van der Waals surface area (Å²) in [7, 11) is 3.15. The molecular formula is C16H24F3N3O2. The number of alkyl halides is 3. The zero-order chi connectivity index (χ0) is 17.8. The van der Waals surface area contributed by atoms with Crippen molar-refractivity contribution < 1.29 is 22.6 Å². The molecule has 0 aliphatic carbocycles. The third-order valence-corrected chi connectivity index (χ3v) is 3.04. The van der Waals surface area contributed by atoms with Crippen LogP contribution in [0.3, 0.4) is 0 Å². The molecule has 0 bridgehead atoms. The first-order valence-electron chi connectivity index (χ1n) is 7.66. The summed E-state index contributed by atoms with van der Waals surface area (Å²) in [5, 5.41) is 5.60. The average Bonchev–Trinajstić information content (AvgIpc) is 2.54. The second kappa shape index (κ2) is 10.7. The van der Waals surface area contributed by atoms with E-state index < -0.39 is 12.6 Å². The van der Waals surface area contributed by atoms with Gasteiger partial charge < -0.3 is 20.1 Å². The van der Waals surface area contributed by atoms with Crippen LogP contribution in [0.1, 0.15) is 18.4 Å². The van der Waals surface area contributed by atoms with Crippen molar-refractivity contribution in [1.29, 1.82) is 0 Å². The van der Waals surface area contributed by atoms with Gasteiger partial charge in [0.2, 0.25) is 0 Å². The first-order chi connectivity index (χ1) is 11.4. The number of hydrogen-bond donors (Lipinski definition) is 2. The lowest BCUT2D eigenvalue weighted by Gasteiger charge is -2.13. The molecule has 1 rings (SSSR count). The minimum Gasteiger partial charge on any atom is -0.493 e. The van der Waals surface area contributed by atoms with Crippen molar-refractivity contribution in [2.24, 2.45) is 4.99 Å². The zero-order valence-corrected chi connectivity index (χ0v) is 13.9. The molecule has 24 heavy (non-hydrogen) atoms. The molecular weight excluding hydrogens is 323 g/mol. The number of aliphatic imine (C=N–C) groups is 1. The molecule has 1 aromatic carbocycles.